The number of hydrogen-bond donors (Lipinski definition) is 3. The van der Waals surface area contributed by atoms with E-state index in [1.165, 1.54) is 5.57 Å². The molecule has 4 N–H and O–H groups in total. The summed E-state index contributed by atoms with van der Waals surface area (Å²) in [6.45, 7) is 10.2. The zero-order valence-corrected chi connectivity index (χ0v) is 18.5. The molecular weight excluding hydrogens is 388 g/mol. The Balaban J connectivity index is 2.02. The first-order valence-electron chi connectivity index (χ1n) is 10.8. The Morgan fingerprint density at radius 1 is 1.16 bits per heavy atom. The predicted octanol–water partition coefficient (Wildman–Crippen LogP) is 4.12. The van der Waals surface area contributed by atoms with Gasteiger partial charge >= 0.3 is 5.97 Å². The summed E-state index contributed by atoms with van der Waals surface area (Å²) >= 11 is 0. The molecule has 5 nitrogen and oxygen atoms in total. The molecular formula is C26H29N2O3+. The Kier molecular flexibility index (Phi) is 5.70. The highest BCUT2D eigenvalue weighted by Gasteiger charge is 2.32. The molecule has 2 aromatic rings. The standard InChI is InChI=1S/C26H28N2O3/c1-5-27-21-13-23-19(11-15(21)3)25(17-9-7-8-10-18(17)26(29)30)20-12-16(4)22(28-6-2)14-24(20)31-23/h7-14,21,27-28H,5-6H2,1-4H3,(H,29,30)/p+1. The van der Waals surface area contributed by atoms with Crippen molar-refractivity contribution in [1.82, 2.24) is 0 Å². The first-order valence-corrected chi connectivity index (χ1v) is 10.8. The van der Waals surface area contributed by atoms with Gasteiger partial charge in [-0.1, -0.05) is 18.2 Å². The number of carboxylic acids is 1. The van der Waals surface area contributed by atoms with Gasteiger partial charge in [-0.15, -0.1) is 0 Å². The van der Waals surface area contributed by atoms with Crippen LogP contribution in [-0.2, 0) is 0 Å². The van der Waals surface area contributed by atoms with Crippen molar-refractivity contribution < 1.29 is 20.0 Å². The summed E-state index contributed by atoms with van der Waals surface area (Å²) in [5.74, 6) is 0.598. The number of benzene rings is 2. The van der Waals surface area contributed by atoms with Gasteiger partial charge in [0.05, 0.1) is 12.1 Å². The lowest BCUT2D eigenvalue weighted by atomic mass is 9.83. The van der Waals surface area contributed by atoms with Gasteiger partial charge in [-0.2, -0.15) is 0 Å². The number of aromatic carboxylic acids is 1. The van der Waals surface area contributed by atoms with E-state index in [9.17, 15) is 9.90 Å². The maximum atomic E-state index is 12.0. The number of carbonyl (C=O) groups is 1. The van der Waals surface area contributed by atoms with E-state index in [0.717, 1.165) is 52.6 Å². The smallest absolute Gasteiger partial charge is 0.336 e. The highest BCUT2D eigenvalue weighted by molar-refractivity contribution is 6.00. The van der Waals surface area contributed by atoms with Gasteiger partial charge < -0.3 is 20.5 Å². The van der Waals surface area contributed by atoms with Gasteiger partial charge in [-0.05, 0) is 62.6 Å². The van der Waals surface area contributed by atoms with Crippen molar-refractivity contribution in [1.29, 1.82) is 0 Å². The van der Waals surface area contributed by atoms with Gasteiger partial charge in [-0.25, -0.2) is 4.79 Å². The second-order valence-corrected chi connectivity index (χ2v) is 8.02. The van der Waals surface area contributed by atoms with Crippen molar-refractivity contribution in [2.24, 2.45) is 0 Å². The van der Waals surface area contributed by atoms with Gasteiger partial charge in [0, 0.05) is 41.1 Å². The van der Waals surface area contributed by atoms with Crippen LogP contribution in [0.25, 0.3) is 5.57 Å². The number of anilines is 1. The minimum Gasteiger partial charge on any atom is -0.478 e. The summed E-state index contributed by atoms with van der Waals surface area (Å²) in [6.07, 6.45) is 4.30. The number of nitrogens with two attached hydrogens (primary N) is 1. The molecule has 2 aliphatic rings. The fourth-order valence-corrected chi connectivity index (χ4v) is 4.36. The van der Waals surface area contributed by atoms with Crippen molar-refractivity contribution in [3.63, 3.8) is 0 Å². The zero-order valence-electron chi connectivity index (χ0n) is 18.5. The van der Waals surface area contributed by atoms with E-state index in [4.69, 9.17) is 4.74 Å². The van der Waals surface area contributed by atoms with Crippen LogP contribution in [0.2, 0.25) is 0 Å². The number of hydrogen-bond acceptors (Lipinski definition) is 3. The van der Waals surface area contributed by atoms with Crippen molar-refractivity contribution >= 4 is 17.2 Å². The summed E-state index contributed by atoms with van der Waals surface area (Å²) in [5.41, 5.74) is 7.10. The number of nitrogens with one attached hydrogen (secondary N) is 1. The highest BCUT2D eigenvalue weighted by Crippen LogP contribution is 2.46. The van der Waals surface area contributed by atoms with Crippen molar-refractivity contribution in [2.75, 3.05) is 18.4 Å². The molecule has 31 heavy (non-hydrogen) atoms. The van der Waals surface area contributed by atoms with Gasteiger partial charge in [0.1, 0.15) is 17.6 Å². The van der Waals surface area contributed by atoms with Crippen LogP contribution in [0.3, 0.4) is 0 Å². The molecule has 0 bridgehead atoms. The van der Waals surface area contributed by atoms with E-state index in [0.29, 0.717) is 11.1 Å². The van der Waals surface area contributed by atoms with Gasteiger partial charge in [0.2, 0.25) is 0 Å². The average Bonchev–Trinajstić information content (AvgIpc) is 2.74. The summed E-state index contributed by atoms with van der Waals surface area (Å²) in [7, 11) is 0. The van der Waals surface area contributed by atoms with Crippen LogP contribution >= 0.6 is 0 Å². The largest absolute Gasteiger partial charge is 0.478 e. The lowest BCUT2D eigenvalue weighted by Gasteiger charge is -2.30. The van der Waals surface area contributed by atoms with Crippen LogP contribution < -0.4 is 15.4 Å². The summed E-state index contributed by atoms with van der Waals surface area (Å²) in [6, 6.07) is 11.5. The Labute approximate surface area is 183 Å². The Morgan fingerprint density at radius 2 is 1.94 bits per heavy atom. The Morgan fingerprint density at radius 3 is 2.65 bits per heavy atom. The molecule has 0 fully saturated rings. The van der Waals surface area contributed by atoms with Gasteiger partial charge in [0.25, 0.3) is 0 Å². The molecule has 1 atom stereocenters. The number of likely N-dealkylation sites (N-methyl/N-ethyl adjacent to an activating group) is 1. The monoisotopic (exact) mass is 417 g/mol. The molecule has 1 aliphatic carbocycles. The number of rotatable bonds is 6. The minimum absolute atomic E-state index is 0.208. The number of carboxylic acid groups (broad SMARTS) is 1. The van der Waals surface area contributed by atoms with E-state index < -0.39 is 5.97 Å². The number of aryl methyl sites for hydroxylation is 1. The number of quaternary nitrogens is 1. The molecule has 1 aliphatic heterocycles. The maximum absolute atomic E-state index is 12.0. The predicted molar refractivity (Wildman–Crippen MR) is 123 cm³/mol. The SMILES string of the molecule is CCNc1cc2c(cc1C)C(c1ccccc1C(=O)O)=C1C=C(C)C([NH2+]CC)C=C1O2. The second kappa shape index (κ2) is 8.44. The molecule has 4 rings (SSSR count). The topological polar surface area (TPSA) is 75.2 Å². The first kappa shape index (κ1) is 20.9. The Hall–Kier alpha value is -3.31. The summed E-state index contributed by atoms with van der Waals surface area (Å²) in [5, 5.41) is 15.5. The zero-order chi connectivity index (χ0) is 22.1. The fourth-order valence-electron chi connectivity index (χ4n) is 4.36. The minimum atomic E-state index is -0.933. The van der Waals surface area contributed by atoms with Crippen LogP contribution in [0.15, 0.2) is 65.5 Å². The normalized spacial score (nSPS) is 17.2. The number of ether oxygens (including phenoxy) is 1. The van der Waals surface area contributed by atoms with E-state index in [-0.39, 0.29) is 6.04 Å². The molecule has 1 heterocycles. The molecule has 5 heteroatoms. The Bertz CT molecular complexity index is 1140. The summed E-state index contributed by atoms with van der Waals surface area (Å²) < 4.78 is 6.41. The van der Waals surface area contributed by atoms with E-state index in [1.54, 1.807) is 12.1 Å². The van der Waals surface area contributed by atoms with Crippen LogP contribution in [0.1, 0.15) is 47.8 Å². The molecule has 2 aromatic carbocycles. The third-order valence-corrected chi connectivity index (χ3v) is 5.86. The molecule has 0 saturated heterocycles. The van der Waals surface area contributed by atoms with Crippen LogP contribution in [0, 0.1) is 6.92 Å². The molecule has 0 spiro atoms. The van der Waals surface area contributed by atoms with Crippen molar-refractivity contribution in [2.45, 2.75) is 33.7 Å². The molecule has 0 radical (unpaired) electrons. The molecule has 0 saturated carbocycles. The van der Waals surface area contributed by atoms with Crippen LogP contribution in [0.5, 0.6) is 5.75 Å². The van der Waals surface area contributed by atoms with Gasteiger partial charge in [0.15, 0.2) is 0 Å². The quantitative estimate of drug-likeness (QED) is 0.661. The van der Waals surface area contributed by atoms with E-state index in [1.807, 2.05) is 18.2 Å². The third kappa shape index (κ3) is 3.77. The van der Waals surface area contributed by atoms with Crippen molar-refractivity contribution in [3.8, 4) is 5.75 Å². The lowest BCUT2D eigenvalue weighted by Crippen LogP contribution is -2.89. The first-order chi connectivity index (χ1) is 14.9. The van der Waals surface area contributed by atoms with E-state index >= 15 is 0 Å². The second-order valence-electron chi connectivity index (χ2n) is 8.02. The average molecular weight is 418 g/mol. The van der Waals surface area contributed by atoms with Gasteiger partial charge in [-0.3, -0.25) is 0 Å². The highest BCUT2D eigenvalue weighted by atomic mass is 16.5. The molecule has 1 unspecified atom stereocenters. The van der Waals surface area contributed by atoms with Crippen LogP contribution in [-0.4, -0.2) is 30.2 Å². The fraction of sp³-hybridized carbons (Fsp3) is 0.269. The molecule has 160 valence electrons. The number of allylic oxidation sites excluding steroid dienone is 1. The molecule has 0 amide bonds. The summed E-state index contributed by atoms with van der Waals surface area (Å²) in [4.78, 5) is 12.0. The molecule has 0 aromatic heterocycles. The third-order valence-electron chi connectivity index (χ3n) is 5.86. The maximum Gasteiger partial charge on any atom is 0.336 e. The van der Waals surface area contributed by atoms with E-state index in [2.05, 4.69) is 56.5 Å². The van der Waals surface area contributed by atoms with Crippen LogP contribution in [0.4, 0.5) is 5.69 Å². The number of fused-ring (bicyclic) bond motifs is 2. The lowest BCUT2D eigenvalue weighted by molar-refractivity contribution is -0.668. The van der Waals surface area contributed by atoms with Crippen molar-refractivity contribution in [3.05, 3.63) is 87.7 Å².